The lowest BCUT2D eigenvalue weighted by molar-refractivity contribution is -0.138. The van der Waals surface area contributed by atoms with Crippen molar-refractivity contribution in [2.45, 2.75) is 40.0 Å². The summed E-state index contributed by atoms with van der Waals surface area (Å²) in [6.07, 6.45) is -9.86. The van der Waals surface area contributed by atoms with Gasteiger partial charge in [-0.2, -0.15) is 26.3 Å². The quantitative estimate of drug-likeness (QED) is 0.129. The summed E-state index contributed by atoms with van der Waals surface area (Å²) >= 11 is 0. The number of fused-ring (bicyclic) bond motifs is 6. The second kappa shape index (κ2) is 11.5. The highest BCUT2D eigenvalue weighted by atomic mass is 19.4. The number of benzene rings is 6. The summed E-state index contributed by atoms with van der Waals surface area (Å²) in [5, 5.41) is 2.86. The first-order valence-electron chi connectivity index (χ1n) is 16.5. The van der Waals surface area contributed by atoms with Crippen molar-refractivity contribution >= 4 is 49.3 Å². The highest BCUT2D eigenvalue weighted by Gasteiger charge is 2.39. The molecule has 0 aliphatic carbocycles. The summed E-state index contributed by atoms with van der Waals surface area (Å²) < 4.78 is 95.1. The summed E-state index contributed by atoms with van der Waals surface area (Å²) in [7, 11) is 0. The molecule has 0 saturated heterocycles. The molecule has 0 aliphatic rings. The topological polar surface area (TPSA) is 14.2 Å². The Hall–Kier alpha value is -6.01. The maximum atomic E-state index is 15.7. The molecule has 3 nitrogen and oxygen atoms in total. The maximum absolute atomic E-state index is 15.7. The molecule has 0 radical (unpaired) electrons. The van der Waals surface area contributed by atoms with Crippen molar-refractivity contribution in [2.75, 3.05) is 0 Å². The molecule has 6 aromatic carbocycles. The molecular weight excluding hydrogens is 672 g/mol. The van der Waals surface area contributed by atoms with Crippen LogP contribution >= 0.6 is 0 Å². The first-order chi connectivity index (χ1) is 24.7. The van der Waals surface area contributed by atoms with E-state index in [1.807, 2.05) is 88.4 Å². The van der Waals surface area contributed by atoms with E-state index in [-0.39, 0.29) is 22.6 Å². The van der Waals surface area contributed by atoms with Crippen LogP contribution in [0.15, 0.2) is 103 Å². The summed E-state index contributed by atoms with van der Waals surface area (Å²) in [5.74, 6) is 0. The van der Waals surface area contributed by atoms with Crippen LogP contribution in [0.4, 0.5) is 32.0 Å². The van der Waals surface area contributed by atoms with E-state index in [1.54, 1.807) is 16.7 Å². The number of nitrogens with zero attached hydrogens (tertiary/aromatic N) is 3. The molecule has 0 unspecified atom stereocenters. The van der Waals surface area contributed by atoms with Crippen LogP contribution in [0.5, 0.6) is 0 Å². The van der Waals surface area contributed by atoms with Gasteiger partial charge < -0.3 is 9.13 Å². The molecule has 8 rings (SSSR count). The summed E-state index contributed by atoms with van der Waals surface area (Å²) in [6.45, 7) is 15.3. The van der Waals surface area contributed by atoms with Crippen LogP contribution in [0, 0.1) is 34.3 Å². The normalized spacial score (nSPS) is 12.4. The Morgan fingerprint density at radius 1 is 0.481 bits per heavy atom. The van der Waals surface area contributed by atoms with Gasteiger partial charge in [-0.05, 0) is 91.9 Å². The van der Waals surface area contributed by atoms with E-state index in [4.69, 9.17) is 6.57 Å². The van der Waals surface area contributed by atoms with E-state index < -0.39 is 29.0 Å². The van der Waals surface area contributed by atoms with Crippen molar-refractivity contribution in [3.05, 3.63) is 148 Å². The lowest BCUT2D eigenvalue weighted by Crippen LogP contribution is -2.14. The lowest BCUT2D eigenvalue weighted by atomic mass is 9.93. The average Bonchev–Trinajstić information content (AvgIpc) is 3.56. The zero-order valence-electron chi connectivity index (χ0n) is 28.4. The molecule has 0 aliphatic heterocycles. The fourth-order valence-electron chi connectivity index (χ4n) is 7.52. The lowest BCUT2D eigenvalue weighted by Gasteiger charge is -2.24. The molecule has 0 spiro atoms. The van der Waals surface area contributed by atoms with Gasteiger partial charge in [0, 0.05) is 27.1 Å². The van der Waals surface area contributed by atoms with Gasteiger partial charge in [0.25, 0.3) is 0 Å². The summed E-state index contributed by atoms with van der Waals surface area (Å²) in [5.41, 5.74) is 1.65. The van der Waals surface area contributed by atoms with Gasteiger partial charge in [-0.3, -0.25) is 0 Å². The Kier molecular flexibility index (Phi) is 7.33. The van der Waals surface area contributed by atoms with Gasteiger partial charge in [-0.1, -0.05) is 66.7 Å². The van der Waals surface area contributed by atoms with Crippen molar-refractivity contribution < 1.29 is 26.3 Å². The maximum Gasteiger partial charge on any atom is 0.418 e. The van der Waals surface area contributed by atoms with Crippen LogP contribution in [0.2, 0.25) is 0 Å². The number of aromatic nitrogens is 2. The van der Waals surface area contributed by atoms with Crippen molar-refractivity contribution in [3.8, 4) is 22.5 Å². The highest BCUT2D eigenvalue weighted by Crippen LogP contribution is 2.49. The van der Waals surface area contributed by atoms with Crippen molar-refractivity contribution in [1.82, 2.24) is 9.13 Å². The molecule has 52 heavy (non-hydrogen) atoms. The van der Waals surface area contributed by atoms with Crippen LogP contribution in [-0.2, 0) is 12.4 Å². The molecule has 258 valence electrons. The minimum absolute atomic E-state index is 0.123. The third-order valence-electron chi connectivity index (χ3n) is 9.80. The second-order valence-corrected chi connectivity index (χ2v) is 13.4. The summed E-state index contributed by atoms with van der Waals surface area (Å²) in [6, 6.07) is 27.6. The Morgan fingerprint density at radius 2 is 0.885 bits per heavy atom. The monoisotopic (exact) mass is 701 g/mol. The largest absolute Gasteiger partial charge is 0.418 e. The van der Waals surface area contributed by atoms with E-state index in [2.05, 4.69) is 4.85 Å². The van der Waals surface area contributed by atoms with E-state index in [9.17, 15) is 13.2 Å². The van der Waals surface area contributed by atoms with Gasteiger partial charge in [0.2, 0.25) is 0 Å². The molecule has 0 amide bonds. The van der Waals surface area contributed by atoms with Gasteiger partial charge in [0.15, 0.2) is 5.69 Å². The third kappa shape index (κ3) is 5.12. The van der Waals surface area contributed by atoms with Crippen molar-refractivity contribution in [2.24, 2.45) is 0 Å². The zero-order chi connectivity index (χ0) is 36.9. The van der Waals surface area contributed by atoms with E-state index in [1.165, 1.54) is 16.7 Å². The molecule has 0 bridgehead atoms. The van der Waals surface area contributed by atoms with E-state index in [0.717, 1.165) is 51.2 Å². The van der Waals surface area contributed by atoms with Gasteiger partial charge in [-0.15, -0.1) is 0 Å². The molecule has 2 aromatic heterocycles. The molecule has 0 atom stereocenters. The van der Waals surface area contributed by atoms with Crippen LogP contribution in [0.1, 0.15) is 33.4 Å². The van der Waals surface area contributed by atoms with E-state index >= 15 is 13.2 Å². The van der Waals surface area contributed by atoms with Crippen LogP contribution in [0.25, 0.3) is 71.0 Å². The van der Waals surface area contributed by atoms with Crippen LogP contribution < -0.4 is 0 Å². The van der Waals surface area contributed by atoms with Crippen LogP contribution in [0.3, 0.4) is 0 Å². The molecule has 0 fully saturated rings. The number of rotatable bonds is 3. The molecule has 2 heterocycles. The Bertz CT molecular complexity index is 2710. The molecule has 8 aromatic rings. The fourth-order valence-corrected chi connectivity index (χ4v) is 7.52. The van der Waals surface area contributed by atoms with Crippen molar-refractivity contribution in [3.63, 3.8) is 0 Å². The minimum Gasteiger partial charge on any atom is -0.309 e. The first kappa shape index (κ1) is 33.2. The molecular formula is C43H29F6N3. The number of aryl methyl sites for hydroxylation is 4. The molecule has 0 saturated carbocycles. The SMILES string of the molecule is [C-]#[N+]c1cccc(C(F)(F)F)c1-c1cc(-n2c3cc(C)ccc3c3ccc(C)cc32)c(C(F)(F)F)cc1-n1c2cc(C)ccc2c2ccc(C)cc21. The fraction of sp³-hybridized carbons (Fsp3) is 0.140. The number of hydrogen-bond acceptors (Lipinski definition) is 0. The third-order valence-corrected chi connectivity index (χ3v) is 9.80. The number of hydrogen-bond donors (Lipinski definition) is 0. The predicted octanol–water partition coefficient (Wildman–Crippen LogP) is 13.4. The van der Waals surface area contributed by atoms with Crippen molar-refractivity contribution in [1.29, 1.82) is 0 Å². The minimum atomic E-state index is -4.93. The molecule has 9 heteroatoms. The average molecular weight is 702 g/mol. The second-order valence-electron chi connectivity index (χ2n) is 13.4. The number of halogens is 6. The number of alkyl halides is 6. The van der Waals surface area contributed by atoms with Gasteiger partial charge in [0.05, 0.1) is 51.1 Å². The van der Waals surface area contributed by atoms with Gasteiger partial charge in [0.1, 0.15) is 0 Å². The zero-order valence-corrected chi connectivity index (χ0v) is 28.4. The first-order valence-corrected chi connectivity index (χ1v) is 16.5. The smallest absolute Gasteiger partial charge is 0.309 e. The van der Waals surface area contributed by atoms with E-state index in [0.29, 0.717) is 32.8 Å². The Morgan fingerprint density at radius 3 is 1.27 bits per heavy atom. The Labute approximate surface area is 294 Å². The van der Waals surface area contributed by atoms with Gasteiger partial charge >= 0.3 is 12.4 Å². The molecule has 0 N–H and O–H groups in total. The highest BCUT2D eigenvalue weighted by molar-refractivity contribution is 6.12. The Balaban J connectivity index is 1.65. The van der Waals surface area contributed by atoms with Gasteiger partial charge in [-0.25, -0.2) is 4.85 Å². The standard InChI is InChI=1S/C43H29F6N3/c1-23-9-13-27-28-14-10-24(2)18-36(28)51(35(27)17-23)39-22-33(43(47,48)49)40(21-31(39)41-32(42(44,45)46)7-6-8-34(41)50-5)52-37-19-25(3)11-15-29(37)30-16-12-26(4)20-38(30)52/h6-22H,1-4H3. The predicted molar refractivity (Wildman–Crippen MR) is 196 cm³/mol. The van der Waals surface area contributed by atoms with Crippen LogP contribution in [-0.4, -0.2) is 9.13 Å². The summed E-state index contributed by atoms with van der Waals surface area (Å²) in [4.78, 5) is 3.49.